The minimum absolute atomic E-state index is 0.0862. The number of aromatic nitrogens is 2. The Labute approximate surface area is 142 Å². The van der Waals surface area contributed by atoms with Crippen molar-refractivity contribution in [2.75, 3.05) is 13.7 Å². The molecule has 0 bridgehead atoms. The monoisotopic (exact) mass is 331 g/mol. The molecule has 0 saturated carbocycles. The summed E-state index contributed by atoms with van der Waals surface area (Å²) in [6.45, 7) is 5.92. The molecule has 1 aromatic carbocycles. The SMILES string of the molecule is COc1cccc(C(O)CNC(=O)C(C)Cc2c(C)n[nH]c2C)c1. The first kappa shape index (κ1) is 18.0. The summed E-state index contributed by atoms with van der Waals surface area (Å²) >= 11 is 0. The summed E-state index contributed by atoms with van der Waals surface area (Å²) in [7, 11) is 1.58. The Morgan fingerprint density at radius 3 is 2.79 bits per heavy atom. The van der Waals surface area contributed by atoms with Crippen LogP contribution in [-0.2, 0) is 11.2 Å². The van der Waals surface area contributed by atoms with Crippen LogP contribution in [0.2, 0.25) is 0 Å². The molecule has 6 nitrogen and oxygen atoms in total. The van der Waals surface area contributed by atoms with E-state index < -0.39 is 6.10 Å². The van der Waals surface area contributed by atoms with Crippen molar-refractivity contribution in [3.05, 3.63) is 46.8 Å². The fourth-order valence-electron chi connectivity index (χ4n) is 2.61. The largest absolute Gasteiger partial charge is 0.497 e. The van der Waals surface area contributed by atoms with Gasteiger partial charge in [0.2, 0.25) is 5.91 Å². The molecule has 6 heteroatoms. The molecular formula is C18H25N3O3. The summed E-state index contributed by atoms with van der Waals surface area (Å²) < 4.78 is 5.14. The normalized spacial score (nSPS) is 13.4. The first-order valence-electron chi connectivity index (χ1n) is 8.02. The molecule has 130 valence electrons. The highest BCUT2D eigenvalue weighted by Crippen LogP contribution is 2.19. The van der Waals surface area contributed by atoms with Crippen molar-refractivity contribution in [3.8, 4) is 5.75 Å². The number of aromatic amines is 1. The molecule has 2 rings (SSSR count). The van der Waals surface area contributed by atoms with Gasteiger partial charge in [0.25, 0.3) is 0 Å². The van der Waals surface area contributed by atoms with Gasteiger partial charge in [-0.3, -0.25) is 9.89 Å². The van der Waals surface area contributed by atoms with Gasteiger partial charge in [0.1, 0.15) is 5.75 Å². The van der Waals surface area contributed by atoms with E-state index in [-0.39, 0.29) is 18.4 Å². The number of rotatable bonds is 7. The van der Waals surface area contributed by atoms with Crippen molar-refractivity contribution in [1.29, 1.82) is 0 Å². The van der Waals surface area contributed by atoms with Crippen molar-refractivity contribution in [3.63, 3.8) is 0 Å². The average molecular weight is 331 g/mol. The summed E-state index contributed by atoms with van der Waals surface area (Å²) in [5.41, 5.74) is 3.70. The molecule has 1 heterocycles. The van der Waals surface area contributed by atoms with Crippen LogP contribution in [0.1, 0.15) is 35.5 Å². The first-order chi connectivity index (χ1) is 11.4. The second kappa shape index (κ2) is 7.97. The molecule has 0 spiro atoms. The lowest BCUT2D eigenvalue weighted by atomic mass is 9.99. The lowest BCUT2D eigenvalue weighted by Gasteiger charge is -2.16. The van der Waals surface area contributed by atoms with Gasteiger partial charge in [0, 0.05) is 18.2 Å². The molecule has 2 aromatic rings. The molecule has 1 amide bonds. The molecule has 0 aliphatic heterocycles. The van der Waals surface area contributed by atoms with Crippen molar-refractivity contribution in [2.45, 2.75) is 33.3 Å². The van der Waals surface area contributed by atoms with E-state index in [4.69, 9.17) is 4.74 Å². The summed E-state index contributed by atoms with van der Waals surface area (Å²) in [6.07, 6.45) is -0.149. The van der Waals surface area contributed by atoms with E-state index in [2.05, 4.69) is 15.5 Å². The highest BCUT2D eigenvalue weighted by atomic mass is 16.5. The number of aliphatic hydroxyl groups excluding tert-OH is 1. The number of hydrogen-bond donors (Lipinski definition) is 3. The Morgan fingerprint density at radius 1 is 1.42 bits per heavy atom. The molecular weight excluding hydrogens is 306 g/mol. The third kappa shape index (κ3) is 4.35. The number of amides is 1. The summed E-state index contributed by atoms with van der Waals surface area (Å²) in [6, 6.07) is 7.19. The van der Waals surface area contributed by atoms with Crippen molar-refractivity contribution in [1.82, 2.24) is 15.5 Å². The van der Waals surface area contributed by atoms with Gasteiger partial charge in [0.05, 0.1) is 18.9 Å². The Kier molecular flexibility index (Phi) is 5.98. The average Bonchev–Trinajstić information content (AvgIpc) is 2.91. The highest BCUT2D eigenvalue weighted by Gasteiger charge is 2.18. The maximum Gasteiger partial charge on any atom is 0.223 e. The van der Waals surface area contributed by atoms with E-state index in [1.807, 2.05) is 32.9 Å². The number of nitrogens with zero attached hydrogens (tertiary/aromatic N) is 1. The molecule has 2 atom stereocenters. The number of ether oxygens (including phenoxy) is 1. The molecule has 24 heavy (non-hydrogen) atoms. The predicted octanol–water partition coefficient (Wildman–Crippen LogP) is 2.06. The fourth-order valence-corrected chi connectivity index (χ4v) is 2.61. The fraction of sp³-hybridized carbons (Fsp3) is 0.444. The Morgan fingerprint density at radius 2 is 2.17 bits per heavy atom. The van der Waals surface area contributed by atoms with E-state index >= 15 is 0 Å². The van der Waals surface area contributed by atoms with Crippen LogP contribution in [0.5, 0.6) is 5.75 Å². The molecule has 0 saturated heterocycles. The number of aryl methyl sites for hydroxylation is 2. The van der Waals surface area contributed by atoms with Crippen LogP contribution in [0.3, 0.4) is 0 Å². The predicted molar refractivity (Wildman–Crippen MR) is 91.9 cm³/mol. The van der Waals surface area contributed by atoms with Crippen LogP contribution in [-0.4, -0.2) is 34.9 Å². The summed E-state index contributed by atoms with van der Waals surface area (Å²) in [5, 5.41) is 20.1. The number of aliphatic hydroxyl groups is 1. The maximum atomic E-state index is 12.3. The summed E-state index contributed by atoms with van der Waals surface area (Å²) in [5.74, 6) is 0.395. The van der Waals surface area contributed by atoms with Crippen molar-refractivity contribution < 1.29 is 14.6 Å². The number of benzene rings is 1. The minimum atomic E-state index is -0.770. The van der Waals surface area contributed by atoms with Crippen LogP contribution in [0, 0.1) is 19.8 Å². The van der Waals surface area contributed by atoms with Gasteiger partial charge in [-0.15, -0.1) is 0 Å². The van der Waals surface area contributed by atoms with Crippen LogP contribution in [0.4, 0.5) is 0 Å². The smallest absolute Gasteiger partial charge is 0.223 e. The molecule has 0 radical (unpaired) electrons. The second-order valence-electron chi connectivity index (χ2n) is 6.06. The van der Waals surface area contributed by atoms with E-state index in [9.17, 15) is 9.90 Å². The zero-order chi connectivity index (χ0) is 17.7. The van der Waals surface area contributed by atoms with E-state index in [0.717, 1.165) is 17.0 Å². The van der Waals surface area contributed by atoms with Gasteiger partial charge in [-0.05, 0) is 43.5 Å². The number of hydrogen-bond acceptors (Lipinski definition) is 4. The molecule has 0 aliphatic rings. The second-order valence-corrected chi connectivity index (χ2v) is 6.06. The number of nitrogens with one attached hydrogen (secondary N) is 2. The summed E-state index contributed by atoms with van der Waals surface area (Å²) in [4.78, 5) is 12.3. The number of H-pyrrole nitrogens is 1. The zero-order valence-electron chi connectivity index (χ0n) is 14.6. The van der Waals surface area contributed by atoms with E-state index in [1.165, 1.54) is 0 Å². The number of carbonyl (C=O) groups excluding carboxylic acids is 1. The third-order valence-corrected chi connectivity index (χ3v) is 4.19. The van der Waals surface area contributed by atoms with Crippen molar-refractivity contribution >= 4 is 5.91 Å². The standard InChI is InChI=1S/C18H25N3O3/c1-11(8-16-12(2)20-21-13(16)3)18(23)19-10-17(22)14-6-5-7-15(9-14)24-4/h5-7,9,11,17,22H,8,10H2,1-4H3,(H,19,23)(H,20,21). The molecule has 0 fully saturated rings. The Balaban J connectivity index is 1.89. The Hall–Kier alpha value is -2.34. The molecule has 3 N–H and O–H groups in total. The maximum absolute atomic E-state index is 12.3. The van der Waals surface area contributed by atoms with Crippen molar-refractivity contribution in [2.24, 2.45) is 5.92 Å². The molecule has 1 aromatic heterocycles. The van der Waals surface area contributed by atoms with Gasteiger partial charge in [-0.2, -0.15) is 5.10 Å². The number of carbonyl (C=O) groups is 1. The lowest BCUT2D eigenvalue weighted by molar-refractivity contribution is -0.124. The Bertz CT molecular complexity index is 677. The van der Waals surface area contributed by atoms with Gasteiger partial charge >= 0.3 is 0 Å². The van der Waals surface area contributed by atoms with Gasteiger partial charge in [0.15, 0.2) is 0 Å². The zero-order valence-corrected chi connectivity index (χ0v) is 14.6. The lowest BCUT2D eigenvalue weighted by Crippen LogP contribution is -2.33. The molecule has 2 unspecified atom stereocenters. The van der Waals surface area contributed by atoms with Crippen LogP contribution in [0.15, 0.2) is 24.3 Å². The minimum Gasteiger partial charge on any atom is -0.497 e. The van der Waals surface area contributed by atoms with Crippen LogP contribution < -0.4 is 10.1 Å². The third-order valence-electron chi connectivity index (χ3n) is 4.19. The highest BCUT2D eigenvalue weighted by molar-refractivity contribution is 5.78. The quantitative estimate of drug-likeness (QED) is 0.725. The number of methoxy groups -OCH3 is 1. The van der Waals surface area contributed by atoms with Crippen LogP contribution in [0.25, 0.3) is 0 Å². The van der Waals surface area contributed by atoms with Gasteiger partial charge < -0.3 is 15.2 Å². The molecule has 0 aliphatic carbocycles. The van der Waals surface area contributed by atoms with Gasteiger partial charge in [-0.25, -0.2) is 0 Å². The van der Waals surface area contributed by atoms with Gasteiger partial charge in [-0.1, -0.05) is 19.1 Å². The van der Waals surface area contributed by atoms with E-state index in [1.54, 1.807) is 19.2 Å². The van der Waals surface area contributed by atoms with Crippen LogP contribution >= 0.6 is 0 Å². The topological polar surface area (TPSA) is 87.2 Å². The first-order valence-corrected chi connectivity index (χ1v) is 8.02. The van der Waals surface area contributed by atoms with E-state index in [0.29, 0.717) is 17.7 Å².